The number of likely N-dealkylation sites (N-methyl/N-ethyl adjacent to an activating group) is 1. The number of carbonyl (C=O) groups excluding carboxylic acids is 1. The zero-order valence-corrected chi connectivity index (χ0v) is 20.6. The maximum atomic E-state index is 12.1. The van der Waals surface area contributed by atoms with E-state index in [0.29, 0.717) is 30.7 Å². The van der Waals surface area contributed by atoms with Crippen LogP contribution in [0, 0.1) is 0 Å². The smallest absolute Gasteiger partial charge is 0.318 e. The largest absolute Gasteiger partial charge is 0.508 e. The Morgan fingerprint density at radius 3 is 2.91 bits per heavy atom. The molecule has 9 heteroatoms. The maximum Gasteiger partial charge on any atom is 0.318 e. The van der Waals surface area contributed by atoms with Crippen LogP contribution in [0.25, 0.3) is 10.8 Å². The predicted octanol–water partition coefficient (Wildman–Crippen LogP) is 3.78. The molecule has 0 saturated carbocycles. The molecule has 1 fully saturated rings. The fourth-order valence-electron chi connectivity index (χ4n) is 5.13. The first kappa shape index (κ1) is 23.2. The molecule has 35 heavy (non-hydrogen) atoms. The van der Waals surface area contributed by atoms with Crippen LogP contribution in [0.5, 0.6) is 11.8 Å². The maximum absolute atomic E-state index is 12.1. The van der Waals surface area contributed by atoms with Gasteiger partial charge in [-0.2, -0.15) is 9.97 Å². The molecule has 0 spiro atoms. The lowest BCUT2D eigenvalue weighted by Crippen LogP contribution is -2.39. The lowest BCUT2D eigenvalue weighted by molar-refractivity contribution is -0.125. The van der Waals surface area contributed by atoms with Gasteiger partial charge in [-0.1, -0.05) is 30.3 Å². The first-order valence-corrected chi connectivity index (χ1v) is 12.0. The van der Waals surface area contributed by atoms with Crippen LogP contribution in [-0.2, 0) is 17.8 Å². The molecule has 0 radical (unpaired) electrons. The van der Waals surface area contributed by atoms with Gasteiger partial charge >= 0.3 is 6.01 Å². The molecule has 3 aromatic rings. The van der Waals surface area contributed by atoms with E-state index < -0.39 is 0 Å². The highest BCUT2D eigenvalue weighted by Crippen LogP contribution is 2.39. The van der Waals surface area contributed by atoms with Crippen molar-refractivity contribution >= 4 is 39.8 Å². The van der Waals surface area contributed by atoms with Crippen LogP contribution in [-0.4, -0.2) is 65.7 Å². The van der Waals surface area contributed by atoms with Crippen LogP contribution < -0.4 is 14.5 Å². The number of methoxy groups -OCH3 is 1. The molecular formula is C26H28ClN5O3. The van der Waals surface area contributed by atoms with Gasteiger partial charge in [-0.3, -0.25) is 4.79 Å². The van der Waals surface area contributed by atoms with E-state index in [0.717, 1.165) is 52.9 Å². The second-order valence-corrected chi connectivity index (χ2v) is 9.38. The Morgan fingerprint density at radius 2 is 2.14 bits per heavy atom. The number of anilines is 2. The summed E-state index contributed by atoms with van der Waals surface area (Å²) in [5.41, 5.74) is 2.83. The summed E-state index contributed by atoms with van der Waals surface area (Å²) in [7, 11) is 3.58. The molecule has 5 rings (SSSR count). The Balaban J connectivity index is 1.49. The summed E-state index contributed by atoms with van der Waals surface area (Å²) in [4.78, 5) is 27.6. The van der Waals surface area contributed by atoms with E-state index in [2.05, 4.69) is 21.4 Å². The van der Waals surface area contributed by atoms with E-state index >= 15 is 0 Å². The second kappa shape index (κ2) is 9.26. The van der Waals surface area contributed by atoms with E-state index in [-0.39, 0.29) is 17.7 Å². The molecule has 1 unspecified atom stereocenters. The quantitative estimate of drug-likeness (QED) is 0.541. The minimum absolute atomic E-state index is 0.0455. The van der Waals surface area contributed by atoms with Crippen molar-refractivity contribution in [3.05, 3.63) is 59.3 Å². The number of phenolic OH excluding ortho intramolecular Hbond substituents is 1. The third-order valence-corrected chi connectivity index (χ3v) is 7.28. The molecule has 1 aromatic heterocycles. The average Bonchev–Trinajstić information content (AvgIpc) is 3.36. The number of nitrogens with zero attached hydrogens (tertiary/aromatic N) is 5. The van der Waals surface area contributed by atoms with Gasteiger partial charge in [0.1, 0.15) is 11.6 Å². The lowest BCUT2D eigenvalue weighted by Gasteiger charge is -2.34. The molecule has 1 N–H and O–H groups in total. The molecule has 182 valence electrons. The van der Waals surface area contributed by atoms with E-state index in [1.54, 1.807) is 19.2 Å². The molecule has 1 amide bonds. The van der Waals surface area contributed by atoms with Gasteiger partial charge in [-0.15, -0.1) is 0 Å². The van der Waals surface area contributed by atoms with E-state index in [9.17, 15) is 9.90 Å². The predicted molar refractivity (Wildman–Crippen MR) is 138 cm³/mol. The van der Waals surface area contributed by atoms with Gasteiger partial charge in [-0.05, 0) is 36.4 Å². The number of fused-ring (bicyclic) bond motifs is 2. The molecule has 1 saturated heterocycles. The molecule has 0 bridgehead atoms. The summed E-state index contributed by atoms with van der Waals surface area (Å²) in [6.07, 6.45) is 2.95. The number of carbonyl (C=O) groups is 1. The van der Waals surface area contributed by atoms with Gasteiger partial charge in [0.15, 0.2) is 0 Å². The van der Waals surface area contributed by atoms with Crippen LogP contribution in [0.1, 0.15) is 17.7 Å². The summed E-state index contributed by atoms with van der Waals surface area (Å²) in [6, 6.07) is 9.63. The first-order valence-electron chi connectivity index (χ1n) is 11.6. The van der Waals surface area contributed by atoms with Crippen LogP contribution in [0.3, 0.4) is 0 Å². The number of rotatable bonds is 5. The first-order chi connectivity index (χ1) is 16.9. The number of hydrogen-bond acceptors (Lipinski definition) is 7. The Labute approximate surface area is 209 Å². The van der Waals surface area contributed by atoms with Gasteiger partial charge in [0.2, 0.25) is 5.91 Å². The monoisotopic (exact) mass is 493 g/mol. The third-order valence-electron chi connectivity index (χ3n) is 6.97. The summed E-state index contributed by atoms with van der Waals surface area (Å²) < 4.78 is 5.45. The summed E-state index contributed by atoms with van der Waals surface area (Å²) in [5, 5.41) is 12.8. The molecular weight excluding hydrogens is 466 g/mol. The highest BCUT2D eigenvalue weighted by molar-refractivity contribution is 6.36. The minimum Gasteiger partial charge on any atom is -0.508 e. The molecule has 2 aromatic carbocycles. The van der Waals surface area contributed by atoms with Crippen molar-refractivity contribution in [2.75, 3.05) is 43.6 Å². The molecule has 2 aliphatic heterocycles. The molecule has 2 aliphatic rings. The topological polar surface area (TPSA) is 82.0 Å². The fourth-order valence-corrected chi connectivity index (χ4v) is 5.41. The highest BCUT2D eigenvalue weighted by atomic mass is 35.5. The minimum atomic E-state index is -0.0455. The Hall–Kier alpha value is -3.52. The van der Waals surface area contributed by atoms with E-state index in [1.807, 2.05) is 30.1 Å². The van der Waals surface area contributed by atoms with Crippen molar-refractivity contribution in [3.8, 4) is 11.8 Å². The second-order valence-electron chi connectivity index (χ2n) is 8.98. The van der Waals surface area contributed by atoms with Crippen LogP contribution in [0.2, 0.25) is 5.02 Å². The fraction of sp³-hybridized carbons (Fsp3) is 0.346. The number of ether oxygens (including phenoxy) is 1. The Bertz CT molecular complexity index is 1310. The lowest BCUT2D eigenvalue weighted by atomic mass is 10.0. The summed E-state index contributed by atoms with van der Waals surface area (Å²) in [6.45, 7) is 6.18. The standard InChI is InChI=1S/C26H28ClN5O3/c1-4-23(34)32-10-8-17(14-32)30(2)25-19-9-11-31(15-21(19)28-26(29-25)35-3)22-13-18(33)12-16-6-5-7-20(27)24(16)22/h4-7,12-13,17,33H,1,8-11,14-15H2,2-3H3. The SMILES string of the molecule is C=CC(=O)N1CCC(N(C)c2nc(OC)nc3c2CCN(c2cc(O)cc4cccc(Cl)c24)C3)C1. The van der Waals surface area contributed by atoms with Crippen LogP contribution in [0.15, 0.2) is 43.0 Å². The van der Waals surface area contributed by atoms with Crippen molar-refractivity contribution in [2.24, 2.45) is 0 Å². The number of aromatic hydroxyl groups is 1. The molecule has 0 aliphatic carbocycles. The van der Waals surface area contributed by atoms with E-state index in [4.69, 9.17) is 21.3 Å². The van der Waals surface area contributed by atoms with Gasteiger partial charge in [0.25, 0.3) is 0 Å². The highest BCUT2D eigenvalue weighted by Gasteiger charge is 2.32. The van der Waals surface area contributed by atoms with Crippen molar-refractivity contribution < 1.29 is 14.6 Å². The van der Waals surface area contributed by atoms with Crippen molar-refractivity contribution in [1.29, 1.82) is 0 Å². The van der Waals surface area contributed by atoms with Gasteiger partial charge in [0.05, 0.1) is 30.1 Å². The van der Waals surface area contributed by atoms with Gasteiger partial charge in [-0.25, -0.2) is 0 Å². The number of halogens is 1. The average molecular weight is 494 g/mol. The van der Waals surface area contributed by atoms with Gasteiger partial charge in [0, 0.05) is 49.7 Å². The number of likely N-dealkylation sites (tertiary alicyclic amines) is 1. The summed E-state index contributed by atoms with van der Waals surface area (Å²) in [5.74, 6) is 0.986. The number of benzene rings is 2. The van der Waals surface area contributed by atoms with Crippen LogP contribution >= 0.6 is 11.6 Å². The zero-order valence-electron chi connectivity index (χ0n) is 19.9. The van der Waals surface area contributed by atoms with Crippen molar-refractivity contribution in [2.45, 2.75) is 25.4 Å². The Kier molecular flexibility index (Phi) is 6.15. The summed E-state index contributed by atoms with van der Waals surface area (Å²) >= 11 is 6.57. The molecule has 8 nitrogen and oxygen atoms in total. The number of amides is 1. The number of hydrogen-bond donors (Lipinski definition) is 1. The number of phenols is 1. The van der Waals surface area contributed by atoms with E-state index in [1.165, 1.54) is 6.08 Å². The normalized spacial score (nSPS) is 17.4. The van der Waals surface area contributed by atoms with Crippen molar-refractivity contribution in [3.63, 3.8) is 0 Å². The van der Waals surface area contributed by atoms with Crippen LogP contribution in [0.4, 0.5) is 11.5 Å². The number of aromatic nitrogens is 2. The third kappa shape index (κ3) is 4.23. The van der Waals surface area contributed by atoms with Crippen molar-refractivity contribution in [1.82, 2.24) is 14.9 Å². The molecule has 1 atom stereocenters. The zero-order chi connectivity index (χ0) is 24.7. The van der Waals surface area contributed by atoms with Gasteiger partial charge < -0.3 is 24.5 Å². The molecule has 3 heterocycles. The Morgan fingerprint density at radius 1 is 1.31 bits per heavy atom.